The number of carbonyl (C=O) groups is 1. The first-order valence-electron chi connectivity index (χ1n) is 6.91. The minimum absolute atomic E-state index is 0.0502. The van der Waals surface area contributed by atoms with Crippen molar-refractivity contribution in [1.82, 2.24) is 9.78 Å². The summed E-state index contributed by atoms with van der Waals surface area (Å²) in [5, 5.41) is 13.9. The van der Waals surface area contributed by atoms with E-state index in [4.69, 9.17) is 5.73 Å². The van der Waals surface area contributed by atoms with Gasteiger partial charge in [-0.05, 0) is 25.3 Å². The molecule has 21 heavy (non-hydrogen) atoms. The Kier molecular flexibility index (Phi) is 3.02. The van der Waals surface area contributed by atoms with Crippen LogP contribution in [0, 0.1) is 11.3 Å². The Labute approximate surface area is 123 Å². The third-order valence-electron chi connectivity index (χ3n) is 4.06. The molecule has 106 valence electrons. The zero-order chi connectivity index (χ0) is 15.0. The highest BCUT2D eigenvalue weighted by Gasteiger charge is 2.42. The van der Waals surface area contributed by atoms with Gasteiger partial charge in [-0.25, -0.2) is 4.68 Å². The van der Waals surface area contributed by atoms with Crippen LogP contribution >= 0.6 is 0 Å². The quantitative estimate of drug-likeness (QED) is 0.870. The van der Waals surface area contributed by atoms with Crippen LogP contribution in [0.1, 0.15) is 30.9 Å². The van der Waals surface area contributed by atoms with Crippen LogP contribution in [0.15, 0.2) is 24.3 Å². The maximum Gasteiger partial charge on any atom is 0.141 e. The van der Waals surface area contributed by atoms with Crippen molar-refractivity contribution in [2.45, 2.75) is 31.7 Å². The molecule has 0 saturated heterocycles. The number of nitrogens with two attached hydrogens (primary N) is 1. The average molecular weight is 280 g/mol. The number of rotatable bonds is 4. The van der Waals surface area contributed by atoms with Gasteiger partial charge in [-0.1, -0.05) is 24.3 Å². The van der Waals surface area contributed by atoms with Gasteiger partial charge in [0.1, 0.15) is 29.4 Å². The van der Waals surface area contributed by atoms with Gasteiger partial charge in [-0.15, -0.1) is 0 Å². The molecule has 0 spiro atoms. The van der Waals surface area contributed by atoms with E-state index in [1.54, 1.807) is 4.68 Å². The monoisotopic (exact) mass is 280 g/mol. The molecule has 1 aromatic heterocycles. The van der Waals surface area contributed by atoms with E-state index < -0.39 is 0 Å². The predicted octanol–water partition coefficient (Wildman–Crippen LogP) is 2.25. The van der Waals surface area contributed by atoms with Gasteiger partial charge in [-0.3, -0.25) is 0 Å². The van der Waals surface area contributed by atoms with E-state index >= 15 is 0 Å². The summed E-state index contributed by atoms with van der Waals surface area (Å²) in [6.07, 6.45) is 3.32. The first kappa shape index (κ1) is 13.4. The highest BCUT2D eigenvalue weighted by Crippen LogP contribution is 2.45. The molecule has 1 fully saturated rings. The lowest BCUT2D eigenvalue weighted by Gasteiger charge is -2.10. The smallest absolute Gasteiger partial charge is 0.141 e. The molecule has 2 aromatic rings. The lowest BCUT2D eigenvalue weighted by atomic mass is 10.1. The molecule has 1 saturated carbocycles. The number of hydrogen-bond donors (Lipinski definition) is 1. The zero-order valence-corrected chi connectivity index (χ0v) is 11.8. The molecule has 5 nitrogen and oxygen atoms in total. The van der Waals surface area contributed by atoms with Crippen molar-refractivity contribution in [2.24, 2.45) is 0 Å². The van der Waals surface area contributed by atoms with Gasteiger partial charge in [0.2, 0.25) is 0 Å². The highest BCUT2D eigenvalue weighted by atomic mass is 16.1. The van der Waals surface area contributed by atoms with Gasteiger partial charge in [0.05, 0.1) is 5.54 Å². The zero-order valence-electron chi connectivity index (χ0n) is 11.8. The molecule has 0 atom stereocenters. The third-order valence-corrected chi connectivity index (χ3v) is 4.06. The molecule has 1 aliphatic rings. The lowest BCUT2D eigenvalue weighted by Crippen LogP contribution is -2.16. The van der Waals surface area contributed by atoms with Crippen LogP contribution in [-0.4, -0.2) is 16.1 Å². The second kappa shape index (κ2) is 4.74. The van der Waals surface area contributed by atoms with Gasteiger partial charge < -0.3 is 10.5 Å². The molecule has 5 heteroatoms. The average Bonchev–Trinajstić information content (AvgIpc) is 3.13. The summed E-state index contributed by atoms with van der Waals surface area (Å²) in [5.41, 5.74) is 8.85. The molecule has 0 unspecified atom stereocenters. The van der Waals surface area contributed by atoms with Crippen molar-refractivity contribution < 1.29 is 4.79 Å². The molecule has 0 bridgehead atoms. The van der Waals surface area contributed by atoms with Crippen molar-refractivity contribution >= 4 is 12.1 Å². The minimum Gasteiger partial charge on any atom is -0.383 e. The van der Waals surface area contributed by atoms with Gasteiger partial charge in [0.15, 0.2) is 0 Å². The van der Waals surface area contributed by atoms with Crippen molar-refractivity contribution in [3.8, 4) is 17.3 Å². The number of nitrogens with zero attached hydrogens (tertiary/aromatic N) is 3. The maximum atomic E-state index is 10.5. The fourth-order valence-corrected chi connectivity index (χ4v) is 2.44. The number of carbonyl (C=O) groups excluding carboxylic acids is 1. The summed E-state index contributed by atoms with van der Waals surface area (Å²) in [5.74, 6) is 0.435. The molecule has 1 aliphatic carbocycles. The van der Waals surface area contributed by atoms with Crippen LogP contribution in [0.25, 0.3) is 11.3 Å². The lowest BCUT2D eigenvalue weighted by molar-refractivity contribution is -0.107. The standard InChI is InChI=1S/C16H16N4O/c1-16(7-8-16)20-15(18)13(10-17)14(19-20)12-4-2-11(3-5-12)6-9-21/h2-5,9H,6-8,18H2,1H3. The third kappa shape index (κ3) is 2.19. The number of aldehydes is 1. The topological polar surface area (TPSA) is 84.7 Å². The number of benzene rings is 1. The van der Waals surface area contributed by atoms with Crippen molar-refractivity contribution in [3.05, 3.63) is 35.4 Å². The molecule has 3 rings (SSSR count). The molecule has 1 heterocycles. The Morgan fingerprint density at radius 1 is 1.43 bits per heavy atom. The highest BCUT2D eigenvalue weighted by molar-refractivity contribution is 5.73. The van der Waals surface area contributed by atoms with E-state index in [9.17, 15) is 10.1 Å². The van der Waals surface area contributed by atoms with Crippen molar-refractivity contribution in [3.63, 3.8) is 0 Å². The summed E-state index contributed by atoms with van der Waals surface area (Å²) in [6.45, 7) is 2.09. The Morgan fingerprint density at radius 3 is 2.62 bits per heavy atom. The van der Waals surface area contributed by atoms with E-state index in [0.717, 1.165) is 30.3 Å². The summed E-state index contributed by atoms with van der Waals surface area (Å²) >= 11 is 0. The summed E-state index contributed by atoms with van der Waals surface area (Å²) in [7, 11) is 0. The Bertz CT molecular complexity index is 733. The maximum absolute atomic E-state index is 10.5. The van der Waals surface area contributed by atoms with Crippen LogP contribution < -0.4 is 5.73 Å². The molecular weight excluding hydrogens is 264 g/mol. The summed E-state index contributed by atoms with van der Waals surface area (Å²) < 4.78 is 1.78. The number of hydrogen-bond acceptors (Lipinski definition) is 4. The molecule has 2 N–H and O–H groups in total. The van der Waals surface area contributed by atoms with E-state index in [1.807, 2.05) is 24.3 Å². The Balaban J connectivity index is 2.05. The van der Waals surface area contributed by atoms with Crippen molar-refractivity contribution in [1.29, 1.82) is 5.26 Å². The number of nitriles is 1. The first-order valence-corrected chi connectivity index (χ1v) is 6.91. The van der Waals surface area contributed by atoms with Crippen LogP contribution in [-0.2, 0) is 16.8 Å². The SMILES string of the molecule is CC1(n2nc(-c3ccc(CC=O)cc3)c(C#N)c2N)CC1. The number of nitrogen functional groups attached to an aromatic ring is 1. The second-order valence-corrected chi connectivity index (χ2v) is 5.70. The normalized spacial score (nSPS) is 15.4. The molecule has 0 amide bonds. The molecule has 0 aliphatic heterocycles. The molecule has 1 aromatic carbocycles. The summed E-state index contributed by atoms with van der Waals surface area (Å²) in [4.78, 5) is 10.5. The molecule has 0 radical (unpaired) electrons. The van der Waals surface area contributed by atoms with Gasteiger partial charge >= 0.3 is 0 Å². The largest absolute Gasteiger partial charge is 0.383 e. The number of aromatic nitrogens is 2. The van der Waals surface area contributed by atoms with E-state index in [1.165, 1.54) is 0 Å². The minimum atomic E-state index is -0.0502. The van der Waals surface area contributed by atoms with Crippen LogP contribution in [0.5, 0.6) is 0 Å². The van der Waals surface area contributed by atoms with E-state index in [2.05, 4.69) is 18.1 Å². The first-order chi connectivity index (χ1) is 10.1. The van der Waals surface area contributed by atoms with Crippen LogP contribution in [0.3, 0.4) is 0 Å². The van der Waals surface area contributed by atoms with E-state index in [0.29, 0.717) is 23.5 Å². The Hall–Kier alpha value is -2.61. The van der Waals surface area contributed by atoms with Crippen LogP contribution in [0.4, 0.5) is 5.82 Å². The van der Waals surface area contributed by atoms with Gasteiger partial charge in [0, 0.05) is 12.0 Å². The van der Waals surface area contributed by atoms with E-state index in [-0.39, 0.29) is 5.54 Å². The van der Waals surface area contributed by atoms with Gasteiger partial charge in [0.25, 0.3) is 0 Å². The fraction of sp³-hybridized carbons (Fsp3) is 0.312. The Morgan fingerprint density at radius 2 is 2.10 bits per heavy atom. The second-order valence-electron chi connectivity index (χ2n) is 5.70. The number of anilines is 1. The summed E-state index contributed by atoms with van der Waals surface area (Å²) in [6, 6.07) is 9.66. The van der Waals surface area contributed by atoms with Gasteiger partial charge in [-0.2, -0.15) is 10.4 Å². The van der Waals surface area contributed by atoms with Crippen LogP contribution in [0.2, 0.25) is 0 Å². The fourth-order valence-electron chi connectivity index (χ4n) is 2.44. The molecular formula is C16H16N4O. The predicted molar refractivity (Wildman–Crippen MR) is 79.4 cm³/mol. The van der Waals surface area contributed by atoms with Crippen molar-refractivity contribution in [2.75, 3.05) is 5.73 Å².